The van der Waals surface area contributed by atoms with Crippen LogP contribution in [-0.2, 0) is 28.6 Å². The third-order valence-electron chi connectivity index (χ3n) is 0.890. The third kappa shape index (κ3) is 5.18. The van der Waals surface area contributed by atoms with Gasteiger partial charge in [-0.2, -0.15) is 0 Å². The van der Waals surface area contributed by atoms with Gasteiger partial charge in [-0.25, -0.2) is 0 Å². The summed E-state index contributed by atoms with van der Waals surface area (Å²) in [6.45, 7) is 9.06. The zero-order valence-corrected chi connectivity index (χ0v) is 8.15. The van der Waals surface area contributed by atoms with Gasteiger partial charge in [0.15, 0.2) is 0 Å². The van der Waals surface area contributed by atoms with E-state index in [9.17, 15) is 0 Å². The van der Waals surface area contributed by atoms with Crippen molar-refractivity contribution in [2.24, 2.45) is 0 Å². The first-order chi connectivity index (χ1) is 4.85. The summed E-state index contributed by atoms with van der Waals surface area (Å²) in [7, 11) is 0. The number of rotatable bonds is 6. The Morgan fingerprint density at radius 1 is 1.40 bits per heavy atom. The average Bonchev–Trinajstić information content (AvgIpc) is 1.90. The number of hydrogen-bond donors (Lipinski definition) is 0. The van der Waals surface area contributed by atoms with Gasteiger partial charge in [-0.3, -0.25) is 0 Å². The first-order valence-corrected chi connectivity index (χ1v) is 5.25. The molecule has 10 heavy (non-hydrogen) atoms. The van der Waals surface area contributed by atoms with E-state index < -0.39 is 0 Å². The molecule has 0 atom stereocenters. The van der Waals surface area contributed by atoms with Crippen LogP contribution < -0.4 is 0 Å². The molecule has 0 aromatic heterocycles. The van der Waals surface area contributed by atoms with Crippen LogP contribution >= 0.6 is 0 Å². The van der Waals surface area contributed by atoms with Crippen molar-refractivity contribution < 1.29 is 28.6 Å². The maximum absolute atomic E-state index is 5.28. The zero-order valence-electron chi connectivity index (χ0n) is 6.59. The normalized spacial score (nSPS) is 9.90. The molecule has 0 radical (unpaired) electrons. The second-order valence-electron chi connectivity index (χ2n) is 1.61. The van der Waals surface area contributed by atoms with Gasteiger partial charge in [-0.05, 0) is 0 Å². The first-order valence-electron chi connectivity index (χ1n) is 3.45. The topological polar surface area (TPSA) is 18.5 Å². The van der Waals surface area contributed by atoms with Crippen LogP contribution in [0.2, 0.25) is 0 Å². The van der Waals surface area contributed by atoms with Gasteiger partial charge >= 0.3 is 71.2 Å². The molecule has 3 heteroatoms. The monoisotopic (exact) mass is 178 g/mol. The quantitative estimate of drug-likeness (QED) is 0.454. The van der Waals surface area contributed by atoms with Crippen LogP contribution in [0.3, 0.4) is 0 Å². The van der Waals surface area contributed by atoms with E-state index in [0.717, 1.165) is 13.2 Å². The van der Waals surface area contributed by atoms with Crippen molar-refractivity contribution in [3.8, 4) is 0 Å². The fraction of sp³-hybridized carbons (Fsp3) is 0.714. The van der Waals surface area contributed by atoms with Crippen molar-refractivity contribution in [2.75, 3.05) is 13.2 Å². The summed E-state index contributed by atoms with van der Waals surface area (Å²) in [5, 5.41) is 0. The van der Waals surface area contributed by atoms with Gasteiger partial charge in [0.25, 0.3) is 0 Å². The van der Waals surface area contributed by atoms with Gasteiger partial charge in [0.1, 0.15) is 0 Å². The molecule has 2 nitrogen and oxygen atoms in total. The minimum absolute atomic E-state index is 0.0347. The van der Waals surface area contributed by atoms with Gasteiger partial charge in [0, 0.05) is 0 Å². The summed E-state index contributed by atoms with van der Waals surface area (Å²) >= 11 is -0.254. The minimum atomic E-state index is -0.254. The predicted octanol–water partition coefficient (Wildman–Crippen LogP) is 1.57. The standard InChI is InChI=1S/C5H11O2.C2H3.Ti/c1-3-6-5-7-4-2;1-2;/h5H,3-4H2,1-2H3;1H,2H2;. The zero-order chi connectivity index (χ0) is 7.82. The van der Waals surface area contributed by atoms with E-state index >= 15 is 0 Å². The summed E-state index contributed by atoms with van der Waals surface area (Å²) < 4.78 is 12.5. The van der Waals surface area contributed by atoms with E-state index in [0.29, 0.717) is 0 Å². The van der Waals surface area contributed by atoms with Crippen LogP contribution in [0.5, 0.6) is 0 Å². The van der Waals surface area contributed by atoms with Gasteiger partial charge in [0.05, 0.1) is 0 Å². The number of ether oxygens (including phenoxy) is 2. The van der Waals surface area contributed by atoms with Crippen molar-refractivity contribution in [1.82, 2.24) is 0 Å². The Bertz CT molecular complexity index is 79.7. The molecule has 0 heterocycles. The van der Waals surface area contributed by atoms with Crippen LogP contribution in [-0.4, -0.2) is 17.8 Å². The van der Waals surface area contributed by atoms with Crippen molar-refractivity contribution in [3.63, 3.8) is 0 Å². The summed E-state index contributed by atoms with van der Waals surface area (Å²) in [5.74, 6) is 0. The van der Waals surface area contributed by atoms with E-state index in [-0.39, 0.29) is 23.7 Å². The molecule has 58 valence electrons. The van der Waals surface area contributed by atoms with Crippen molar-refractivity contribution in [1.29, 1.82) is 0 Å². The molecule has 0 saturated heterocycles. The molecule has 0 aromatic carbocycles. The molecule has 0 aliphatic rings. The molecule has 0 unspecified atom stereocenters. The summed E-state index contributed by atoms with van der Waals surface area (Å²) in [5.41, 5.74) is 0. The van der Waals surface area contributed by atoms with Crippen LogP contribution in [0, 0.1) is 0 Å². The van der Waals surface area contributed by atoms with E-state index in [1.54, 1.807) is 0 Å². The van der Waals surface area contributed by atoms with E-state index in [1.165, 1.54) is 0 Å². The van der Waals surface area contributed by atoms with E-state index in [1.807, 2.05) is 18.2 Å². The first kappa shape index (κ1) is 10.4. The Labute approximate surface area is 71.5 Å². The Kier molecular flexibility index (Phi) is 7.76. The molecule has 0 amide bonds. The molecule has 0 N–H and O–H groups in total. The van der Waals surface area contributed by atoms with Gasteiger partial charge in [-0.15, -0.1) is 0 Å². The molecule has 0 rings (SSSR count). The fourth-order valence-electron chi connectivity index (χ4n) is 0.543. The Balaban J connectivity index is 3.38. The second kappa shape index (κ2) is 7.48. The molecule has 0 aromatic rings. The second-order valence-corrected chi connectivity index (χ2v) is 3.51. The molecule has 0 aliphatic carbocycles. The van der Waals surface area contributed by atoms with Gasteiger partial charge < -0.3 is 0 Å². The summed E-state index contributed by atoms with van der Waals surface area (Å²) in [4.78, 5) is 0. The molecule has 0 fully saturated rings. The third-order valence-corrected chi connectivity index (χ3v) is 2.20. The Morgan fingerprint density at radius 2 is 1.90 bits per heavy atom. The van der Waals surface area contributed by atoms with E-state index in [4.69, 9.17) is 9.47 Å². The molecule has 0 saturated carbocycles. The maximum atomic E-state index is 5.28. The van der Waals surface area contributed by atoms with Gasteiger partial charge in [0.2, 0.25) is 0 Å². The molecular formula is C7H14O2Ti. The molecule has 0 aliphatic heterocycles. The predicted molar refractivity (Wildman–Crippen MR) is 37.2 cm³/mol. The van der Waals surface area contributed by atoms with E-state index in [2.05, 4.69) is 6.58 Å². The summed E-state index contributed by atoms with van der Waals surface area (Å²) in [6, 6.07) is 0. The van der Waals surface area contributed by atoms with Crippen molar-refractivity contribution in [3.05, 3.63) is 11.0 Å². The van der Waals surface area contributed by atoms with Crippen LogP contribution in [0.25, 0.3) is 0 Å². The van der Waals surface area contributed by atoms with Gasteiger partial charge in [-0.1, -0.05) is 0 Å². The van der Waals surface area contributed by atoms with Crippen LogP contribution in [0.15, 0.2) is 11.0 Å². The Hall–Kier alpha value is 0.374. The van der Waals surface area contributed by atoms with Crippen LogP contribution in [0.1, 0.15) is 13.8 Å². The van der Waals surface area contributed by atoms with Crippen LogP contribution in [0.4, 0.5) is 0 Å². The number of hydrogen-bond acceptors (Lipinski definition) is 2. The Morgan fingerprint density at radius 3 is 2.20 bits per heavy atom. The summed E-state index contributed by atoms with van der Waals surface area (Å²) in [6.07, 6.45) is 0. The molecule has 0 bridgehead atoms. The van der Waals surface area contributed by atoms with Crippen molar-refractivity contribution in [2.45, 2.75) is 18.4 Å². The van der Waals surface area contributed by atoms with Crippen molar-refractivity contribution >= 4 is 0 Å². The molecular weight excluding hydrogens is 164 g/mol. The molecule has 0 spiro atoms. The fourth-order valence-corrected chi connectivity index (χ4v) is 1.66. The SMILES string of the molecule is C=[CH][Ti][CH](OCC)OCC. The average molecular weight is 178 g/mol.